The molecule has 0 aliphatic heterocycles. The van der Waals surface area contributed by atoms with E-state index in [1.165, 1.54) is 12.1 Å². The Morgan fingerprint density at radius 2 is 2.24 bits per heavy atom. The first-order chi connectivity index (χ1) is 8.08. The Hall–Kier alpha value is -1.50. The van der Waals surface area contributed by atoms with E-state index in [9.17, 15) is 4.79 Å². The summed E-state index contributed by atoms with van der Waals surface area (Å²) in [4.78, 5) is 11.4. The van der Waals surface area contributed by atoms with E-state index in [1.807, 2.05) is 0 Å². The van der Waals surface area contributed by atoms with Crippen molar-refractivity contribution < 1.29 is 9.53 Å². The highest BCUT2D eigenvalue weighted by Gasteiger charge is 2.10. The molecule has 17 heavy (non-hydrogen) atoms. The molecule has 88 valence electrons. The normalized spacial score (nSPS) is 10.8. The summed E-state index contributed by atoms with van der Waals surface area (Å²) >= 11 is 11.7. The predicted octanol–water partition coefficient (Wildman–Crippen LogP) is 3.46. The molecule has 0 aliphatic carbocycles. The van der Waals surface area contributed by atoms with E-state index >= 15 is 0 Å². The van der Waals surface area contributed by atoms with E-state index in [0.29, 0.717) is 15.6 Å². The predicted molar refractivity (Wildman–Crippen MR) is 66.7 cm³/mol. The highest BCUT2D eigenvalue weighted by molar-refractivity contribution is 6.35. The van der Waals surface area contributed by atoms with Gasteiger partial charge in [0, 0.05) is 10.0 Å². The first-order valence-corrected chi connectivity index (χ1v) is 5.58. The molecule has 0 unspecified atom stereocenters. The van der Waals surface area contributed by atoms with Crippen LogP contribution in [0, 0.1) is 11.3 Å². The lowest BCUT2D eigenvalue weighted by atomic mass is 10.1. The average molecular weight is 270 g/mol. The van der Waals surface area contributed by atoms with Crippen molar-refractivity contribution in [3.63, 3.8) is 0 Å². The Balaban J connectivity index is 3.07. The van der Waals surface area contributed by atoms with Crippen LogP contribution >= 0.6 is 23.2 Å². The van der Waals surface area contributed by atoms with Crippen LogP contribution in [0.5, 0.6) is 0 Å². The molecular formula is C12H9Cl2NO2. The van der Waals surface area contributed by atoms with Gasteiger partial charge in [0.25, 0.3) is 0 Å². The molecule has 0 fully saturated rings. The van der Waals surface area contributed by atoms with Gasteiger partial charge in [-0.15, -0.1) is 0 Å². The van der Waals surface area contributed by atoms with Crippen LogP contribution < -0.4 is 0 Å². The second-order valence-corrected chi connectivity index (χ2v) is 3.90. The number of ether oxygens (including phenoxy) is 1. The summed E-state index contributed by atoms with van der Waals surface area (Å²) in [5.41, 5.74) is 0.441. The molecule has 5 heteroatoms. The van der Waals surface area contributed by atoms with Crippen LogP contribution in [0.3, 0.4) is 0 Å². The lowest BCUT2D eigenvalue weighted by Gasteiger charge is -2.01. The second-order valence-electron chi connectivity index (χ2n) is 3.06. The van der Waals surface area contributed by atoms with Gasteiger partial charge in [-0.25, -0.2) is 4.79 Å². The van der Waals surface area contributed by atoms with E-state index in [4.69, 9.17) is 33.2 Å². The minimum atomic E-state index is -0.666. The number of nitriles is 1. The number of hydrogen-bond acceptors (Lipinski definition) is 3. The first-order valence-electron chi connectivity index (χ1n) is 4.82. The molecule has 3 nitrogen and oxygen atoms in total. The van der Waals surface area contributed by atoms with E-state index in [-0.39, 0.29) is 12.2 Å². The minimum Gasteiger partial charge on any atom is -0.462 e. The summed E-state index contributed by atoms with van der Waals surface area (Å²) in [5.74, 6) is -0.666. The number of benzene rings is 1. The largest absolute Gasteiger partial charge is 0.462 e. The Morgan fingerprint density at radius 3 is 2.76 bits per heavy atom. The van der Waals surface area contributed by atoms with Crippen LogP contribution in [0.2, 0.25) is 10.0 Å². The SMILES string of the molecule is CCOC(=O)/C(C#N)=C/c1ccc(Cl)cc1Cl. The maximum atomic E-state index is 11.4. The molecule has 0 spiro atoms. The van der Waals surface area contributed by atoms with E-state index in [2.05, 4.69) is 0 Å². The van der Waals surface area contributed by atoms with Gasteiger partial charge >= 0.3 is 5.97 Å². The Labute approximate surface area is 109 Å². The fraction of sp³-hybridized carbons (Fsp3) is 0.167. The van der Waals surface area contributed by atoms with Crippen molar-refractivity contribution in [1.82, 2.24) is 0 Å². The Bertz CT molecular complexity index is 504. The number of esters is 1. The van der Waals surface area contributed by atoms with Gasteiger partial charge in [0.1, 0.15) is 11.6 Å². The fourth-order valence-corrected chi connectivity index (χ4v) is 1.58. The van der Waals surface area contributed by atoms with Gasteiger partial charge in [-0.3, -0.25) is 0 Å². The zero-order valence-electron chi connectivity index (χ0n) is 9.04. The molecule has 0 aromatic heterocycles. The Morgan fingerprint density at radius 1 is 1.53 bits per heavy atom. The van der Waals surface area contributed by atoms with Crippen LogP contribution in [0.4, 0.5) is 0 Å². The van der Waals surface area contributed by atoms with Crippen LogP contribution in [0.15, 0.2) is 23.8 Å². The third kappa shape index (κ3) is 3.77. The summed E-state index contributed by atoms with van der Waals surface area (Å²) in [5, 5.41) is 9.70. The molecule has 0 atom stereocenters. The average Bonchev–Trinajstić information content (AvgIpc) is 2.28. The van der Waals surface area contributed by atoms with Gasteiger partial charge < -0.3 is 4.74 Å². The standard InChI is InChI=1S/C12H9Cl2NO2/c1-2-17-12(16)9(7-15)5-8-3-4-10(13)6-11(8)14/h3-6H,2H2,1H3/b9-5+. The van der Waals surface area contributed by atoms with Gasteiger partial charge in [-0.1, -0.05) is 29.3 Å². The second kappa shape index (κ2) is 6.29. The fourth-order valence-electron chi connectivity index (χ4n) is 1.12. The summed E-state index contributed by atoms with van der Waals surface area (Å²) in [6.45, 7) is 1.88. The molecule has 0 amide bonds. The van der Waals surface area contributed by atoms with Crippen molar-refractivity contribution in [3.8, 4) is 6.07 Å². The zero-order valence-corrected chi connectivity index (χ0v) is 10.5. The van der Waals surface area contributed by atoms with Crippen LogP contribution in [-0.2, 0) is 9.53 Å². The number of carbonyl (C=O) groups excluding carboxylic acids is 1. The van der Waals surface area contributed by atoms with Gasteiger partial charge in [-0.05, 0) is 30.7 Å². The summed E-state index contributed by atoms with van der Waals surface area (Å²) in [7, 11) is 0. The topological polar surface area (TPSA) is 50.1 Å². The molecule has 1 aromatic rings. The van der Waals surface area contributed by atoms with Crippen molar-refractivity contribution >= 4 is 35.2 Å². The van der Waals surface area contributed by atoms with Crippen LogP contribution in [-0.4, -0.2) is 12.6 Å². The number of nitrogens with zero attached hydrogens (tertiary/aromatic N) is 1. The lowest BCUT2D eigenvalue weighted by molar-refractivity contribution is -0.137. The van der Waals surface area contributed by atoms with Crippen molar-refractivity contribution in [2.24, 2.45) is 0 Å². The van der Waals surface area contributed by atoms with Gasteiger partial charge in [0.05, 0.1) is 6.61 Å². The number of halogens is 2. The molecular weight excluding hydrogens is 261 g/mol. The smallest absolute Gasteiger partial charge is 0.348 e. The van der Waals surface area contributed by atoms with E-state index in [1.54, 1.807) is 25.1 Å². The van der Waals surface area contributed by atoms with Crippen molar-refractivity contribution in [1.29, 1.82) is 5.26 Å². The van der Waals surface area contributed by atoms with Crippen molar-refractivity contribution in [2.75, 3.05) is 6.61 Å². The number of hydrogen-bond donors (Lipinski definition) is 0. The monoisotopic (exact) mass is 269 g/mol. The highest BCUT2D eigenvalue weighted by atomic mass is 35.5. The van der Waals surface area contributed by atoms with Gasteiger partial charge in [0.15, 0.2) is 0 Å². The molecule has 0 N–H and O–H groups in total. The van der Waals surface area contributed by atoms with Crippen molar-refractivity contribution in [3.05, 3.63) is 39.4 Å². The zero-order chi connectivity index (χ0) is 12.8. The third-order valence-electron chi connectivity index (χ3n) is 1.88. The van der Waals surface area contributed by atoms with E-state index < -0.39 is 5.97 Å². The van der Waals surface area contributed by atoms with E-state index in [0.717, 1.165) is 0 Å². The minimum absolute atomic E-state index is 0.101. The summed E-state index contributed by atoms with van der Waals surface area (Å²) in [6, 6.07) is 6.56. The number of rotatable bonds is 3. The maximum Gasteiger partial charge on any atom is 0.348 e. The number of carbonyl (C=O) groups is 1. The molecule has 0 saturated heterocycles. The molecule has 0 heterocycles. The van der Waals surface area contributed by atoms with Gasteiger partial charge in [-0.2, -0.15) is 5.26 Å². The maximum absolute atomic E-state index is 11.4. The first kappa shape index (κ1) is 13.6. The molecule has 0 radical (unpaired) electrons. The molecule has 1 aromatic carbocycles. The lowest BCUT2D eigenvalue weighted by Crippen LogP contribution is -2.06. The highest BCUT2D eigenvalue weighted by Crippen LogP contribution is 2.23. The molecule has 0 bridgehead atoms. The molecule has 0 aliphatic rings. The molecule has 1 rings (SSSR count). The summed E-state index contributed by atoms with van der Waals surface area (Å²) in [6.07, 6.45) is 1.37. The van der Waals surface area contributed by atoms with Crippen LogP contribution in [0.1, 0.15) is 12.5 Å². The van der Waals surface area contributed by atoms with Crippen molar-refractivity contribution in [2.45, 2.75) is 6.92 Å². The van der Waals surface area contributed by atoms with Crippen LogP contribution in [0.25, 0.3) is 6.08 Å². The quantitative estimate of drug-likeness (QED) is 0.480. The summed E-state index contributed by atoms with van der Waals surface area (Å²) < 4.78 is 4.73. The Kier molecular flexibility index (Phi) is 5.02. The van der Waals surface area contributed by atoms with Gasteiger partial charge in [0.2, 0.25) is 0 Å². The molecule has 0 saturated carbocycles. The third-order valence-corrected chi connectivity index (χ3v) is 2.44.